The Morgan fingerprint density at radius 2 is 1.33 bits per heavy atom. The SMILES string of the molecule is CC(=O)O.CN.NCCCCN. The van der Waals surface area contributed by atoms with E-state index in [1.165, 1.54) is 7.05 Å². The largest absolute Gasteiger partial charge is 0.481 e. The minimum atomic E-state index is -0.833. The average Bonchev–Trinajstić information content (AvgIpc) is 2.04. The molecule has 5 nitrogen and oxygen atoms in total. The third-order valence-electron chi connectivity index (χ3n) is 0.658. The molecule has 0 rings (SSSR count). The Morgan fingerprint density at radius 3 is 1.42 bits per heavy atom. The Hall–Kier alpha value is -0.650. The molecule has 0 aliphatic heterocycles. The first-order valence-corrected chi connectivity index (χ1v) is 3.82. The minimum Gasteiger partial charge on any atom is -0.481 e. The molecular formula is C7H21N3O2. The van der Waals surface area contributed by atoms with Crippen molar-refractivity contribution in [3.05, 3.63) is 0 Å². The second-order valence-electron chi connectivity index (χ2n) is 1.80. The molecule has 0 amide bonds. The lowest BCUT2D eigenvalue weighted by Gasteiger charge is -1.87. The Bertz CT molecular complexity index is 71.1. The number of hydrogen-bond donors (Lipinski definition) is 4. The molecule has 0 heterocycles. The summed E-state index contributed by atoms with van der Waals surface area (Å²) in [7, 11) is 1.50. The Morgan fingerprint density at radius 1 is 1.17 bits per heavy atom. The van der Waals surface area contributed by atoms with Crippen LogP contribution in [0.2, 0.25) is 0 Å². The van der Waals surface area contributed by atoms with E-state index in [1.54, 1.807) is 0 Å². The molecule has 0 aliphatic carbocycles. The molecule has 0 saturated heterocycles. The zero-order valence-corrected chi connectivity index (χ0v) is 7.92. The fourth-order valence-electron chi connectivity index (χ4n) is 0.289. The van der Waals surface area contributed by atoms with E-state index >= 15 is 0 Å². The van der Waals surface area contributed by atoms with Crippen molar-refractivity contribution < 1.29 is 9.90 Å². The summed E-state index contributed by atoms with van der Waals surface area (Å²) in [5, 5.41) is 7.42. The third kappa shape index (κ3) is 118. The molecule has 7 N–H and O–H groups in total. The first kappa shape index (κ1) is 17.4. The lowest BCUT2D eigenvalue weighted by Crippen LogP contribution is -2.03. The van der Waals surface area contributed by atoms with Crippen molar-refractivity contribution in [3.63, 3.8) is 0 Å². The van der Waals surface area contributed by atoms with E-state index in [0.29, 0.717) is 0 Å². The van der Waals surface area contributed by atoms with Crippen LogP contribution < -0.4 is 17.2 Å². The topological polar surface area (TPSA) is 115 Å². The summed E-state index contributed by atoms with van der Waals surface area (Å²) in [5.41, 5.74) is 14.8. The third-order valence-corrected chi connectivity index (χ3v) is 0.658. The molecule has 0 unspecified atom stereocenters. The maximum Gasteiger partial charge on any atom is 0.300 e. The number of carboxylic acid groups (broad SMARTS) is 1. The lowest BCUT2D eigenvalue weighted by molar-refractivity contribution is -0.134. The summed E-state index contributed by atoms with van der Waals surface area (Å²) in [4.78, 5) is 9.00. The van der Waals surface area contributed by atoms with Crippen molar-refractivity contribution in [1.29, 1.82) is 0 Å². The standard InChI is InChI=1S/C4H12N2.C2H4O2.CH5N/c5-3-1-2-4-6;1-2(3)4;1-2/h1-6H2;1H3,(H,3,4);2H2,1H3. The van der Waals surface area contributed by atoms with Crippen LogP contribution in [0.5, 0.6) is 0 Å². The summed E-state index contributed by atoms with van der Waals surface area (Å²) < 4.78 is 0. The van der Waals surface area contributed by atoms with Crippen molar-refractivity contribution in [2.45, 2.75) is 19.8 Å². The van der Waals surface area contributed by atoms with E-state index in [1.807, 2.05) is 0 Å². The highest BCUT2D eigenvalue weighted by molar-refractivity contribution is 5.62. The van der Waals surface area contributed by atoms with E-state index in [0.717, 1.165) is 32.9 Å². The van der Waals surface area contributed by atoms with Gasteiger partial charge in [-0.1, -0.05) is 0 Å². The predicted molar refractivity (Wildman–Crippen MR) is 50.8 cm³/mol. The molecule has 0 aromatic carbocycles. The van der Waals surface area contributed by atoms with Crippen LogP contribution >= 0.6 is 0 Å². The van der Waals surface area contributed by atoms with Gasteiger partial charge in [-0.3, -0.25) is 4.79 Å². The zero-order chi connectivity index (χ0) is 10.4. The normalized spacial score (nSPS) is 7.08. The van der Waals surface area contributed by atoms with E-state index < -0.39 is 5.97 Å². The quantitative estimate of drug-likeness (QED) is 0.430. The van der Waals surface area contributed by atoms with Crippen molar-refractivity contribution in [2.75, 3.05) is 20.1 Å². The first-order chi connectivity index (χ1) is 5.65. The van der Waals surface area contributed by atoms with Crippen LogP contribution in [-0.2, 0) is 4.79 Å². The van der Waals surface area contributed by atoms with Gasteiger partial charge in [-0.05, 0) is 33.0 Å². The van der Waals surface area contributed by atoms with Crippen molar-refractivity contribution in [2.24, 2.45) is 17.2 Å². The Labute approximate surface area is 73.9 Å². The van der Waals surface area contributed by atoms with Crippen molar-refractivity contribution in [3.8, 4) is 0 Å². The fourth-order valence-corrected chi connectivity index (χ4v) is 0.289. The van der Waals surface area contributed by atoms with Gasteiger partial charge in [0, 0.05) is 6.92 Å². The van der Waals surface area contributed by atoms with E-state index in [2.05, 4.69) is 5.73 Å². The number of carboxylic acids is 1. The summed E-state index contributed by atoms with van der Waals surface area (Å²) >= 11 is 0. The van der Waals surface area contributed by atoms with Gasteiger partial charge in [0.1, 0.15) is 0 Å². The molecule has 0 spiro atoms. The first-order valence-electron chi connectivity index (χ1n) is 3.82. The number of rotatable bonds is 3. The molecule has 0 aliphatic rings. The molecule has 0 aromatic rings. The maximum atomic E-state index is 9.00. The Kier molecular flexibility index (Phi) is 32.6. The minimum absolute atomic E-state index is 0.775. The van der Waals surface area contributed by atoms with Crippen LogP contribution in [0.4, 0.5) is 0 Å². The number of nitrogens with two attached hydrogens (primary N) is 3. The van der Waals surface area contributed by atoms with Crippen LogP contribution in [0.25, 0.3) is 0 Å². The summed E-state index contributed by atoms with van der Waals surface area (Å²) in [6.45, 7) is 2.63. The van der Waals surface area contributed by atoms with E-state index in [-0.39, 0.29) is 0 Å². The highest BCUT2D eigenvalue weighted by Crippen LogP contribution is 1.77. The number of hydrogen-bond acceptors (Lipinski definition) is 4. The molecule has 0 atom stereocenters. The van der Waals surface area contributed by atoms with Gasteiger partial charge in [0.15, 0.2) is 0 Å². The van der Waals surface area contributed by atoms with Gasteiger partial charge in [0.25, 0.3) is 5.97 Å². The van der Waals surface area contributed by atoms with Gasteiger partial charge >= 0.3 is 0 Å². The van der Waals surface area contributed by atoms with Crippen LogP contribution in [0.3, 0.4) is 0 Å². The molecular weight excluding hydrogens is 158 g/mol. The maximum absolute atomic E-state index is 9.00. The number of carbonyl (C=O) groups is 1. The van der Waals surface area contributed by atoms with Crippen LogP contribution in [0.15, 0.2) is 0 Å². The van der Waals surface area contributed by atoms with Crippen molar-refractivity contribution in [1.82, 2.24) is 0 Å². The van der Waals surface area contributed by atoms with Gasteiger partial charge in [0.2, 0.25) is 0 Å². The molecule has 0 aromatic heterocycles. The van der Waals surface area contributed by atoms with Crippen molar-refractivity contribution >= 4 is 5.97 Å². The van der Waals surface area contributed by atoms with Gasteiger partial charge in [0.05, 0.1) is 0 Å². The second kappa shape index (κ2) is 22.4. The zero-order valence-electron chi connectivity index (χ0n) is 7.92. The van der Waals surface area contributed by atoms with Crippen LogP contribution in [0, 0.1) is 0 Å². The number of aliphatic carboxylic acids is 1. The molecule has 0 radical (unpaired) electrons. The van der Waals surface area contributed by atoms with Crippen LogP contribution in [0.1, 0.15) is 19.8 Å². The fraction of sp³-hybridized carbons (Fsp3) is 0.857. The molecule has 0 fully saturated rings. The van der Waals surface area contributed by atoms with Gasteiger partial charge < -0.3 is 22.3 Å². The van der Waals surface area contributed by atoms with E-state index in [4.69, 9.17) is 21.4 Å². The van der Waals surface area contributed by atoms with Crippen LogP contribution in [-0.4, -0.2) is 31.2 Å². The summed E-state index contributed by atoms with van der Waals surface area (Å²) in [6, 6.07) is 0. The smallest absolute Gasteiger partial charge is 0.300 e. The molecule has 5 heteroatoms. The highest BCUT2D eigenvalue weighted by Gasteiger charge is 1.75. The van der Waals surface area contributed by atoms with Gasteiger partial charge in [-0.2, -0.15) is 0 Å². The van der Waals surface area contributed by atoms with Gasteiger partial charge in [-0.15, -0.1) is 0 Å². The molecule has 76 valence electrons. The average molecular weight is 179 g/mol. The molecule has 0 saturated carbocycles. The molecule has 0 bridgehead atoms. The lowest BCUT2D eigenvalue weighted by atomic mass is 10.3. The predicted octanol–water partition coefficient (Wildman–Crippen LogP) is -0.650. The Balaban J connectivity index is -0.000000118. The number of unbranched alkanes of at least 4 members (excludes halogenated alkanes) is 1. The second-order valence-corrected chi connectivity index (χ2v) is 1.80. The highest BCUT2D eigenvalue weighted by atomic mass is 16.4. The van der Waals surface area contributed by atoms with E-state index in [9.17, 15) is 0 Å². The monoisotopic (exact) mass is 179 g/mol. The summed E-state index contributed by atoms with van der Waals surface area (Å²) in [5.74, 6) is -0.833. The molecule has 12 heavy (non-hydrogen) atoms. The van der Waals surface area contributed by atoms with Gasteiger partial charge in [-0.25, -0.2) is 0 Å². The summed E-state index contributed by atoms with van der Waals surface area (Å²) in [6.07, 6.45) is 2.13.